The molecule has 1 amide bonds. The fourth-order valence-corrected chi connectivity index (χ4v) is 3.07. The van der Waals surface area contributed by atoms with Crippen molar-refractivity contribution in [2.75, 3.05) is 5.32 Å². The Hall–Kier alpha value is -2.43. The number of benzene rings is 2. The van der Waals surface area contributed by atoms with Crippen molar-refractivity contribution in [3.05, 3.63) is 59.2 Å². The maximum atomic E-state index is 13.3. The maximum absolute atomic E-state index is 13.3. The van der Waals surface area contributed by atoms with E-state index in [1.807, 2.05) is 19.1 Å². The number of hydrogen-bond acceptors (Lipinski definition) is 2. The average Bonchev–Trinajstić information content (AvgIpc) is 2.62. The van der Waals surface area contributed by atoms with Crippen LogP contribution in [0, 0.1) is 11.6 Å². The van der Waals surface area contributed by atoms with Crippen molar-refractivity contribution in [3.63, 3.8) is 0 Å². The minimum atomic E-state index is -0.999. The third-order valence-corrected chi connectivity index (χ3v) is 4.45. The lowest BCUT2D eigenvalue weighted by Crippen LogP contribution is -2.32. The minimum absolute atomic E-state index is 0.205. The van der Waals surface area contributed by atoms with Crippen LogP contribution in [0.15, 0.2) is 36.4 Å². The number of fused-ring (bicyclic) bond motifs is 1. The third kappa shape index (κ3) is 4.16. The second-order valence-electron chi connectivity index (χ2n) is 6.27. The van der Waals surface area contributed by atoms with Gasteiger partial charge in [0.2, 0.25) is 0 Å². The summed E-state index contributed by atoms with van der Waals surface area (Å²) in [5, 5.41) is 2.57. The highest BCUT2D eigenvalue weighted by atomic mass is 19.2. The van der Waals surface area contributed by atoms with Gasteiger partial charge in [-0.05, 0) is 67.5 Å². The molecule has 0 aliphatic heterocycles. The Morgan fingerprint density at radius 2 is 1.84 bits per heavy atom. The van der Waals surface area contributed by atoms with Crippen molar-refractivity contribution in [2.45, 2.75) is 45.1 Å². The lowest BCUT2D eigenvalue weighted by Gasteiger charge is -2.20. The lowest BCUT2D eigenvalue weighted by molar-refractivity contribution is -0.122. The van der Waals surface area contributed by atoms with Crippen LogP contribution >= 0.6 is 0 Å². The van der Waals surface area contributed by atoms with E-state index in [0.717, 1.165) is 25.0 Å². The Bertz CT molecular complexity index is 776. The fourth-order valence-electron chi connectivity index (χ4n) is 3.07. The summed E-state index contributed by atoms with van der Waals surface area (Å²) in [6.45, 7) is 1.84. The van der Waals surface area contributed by atoms with E-state index in [9.17, 15) is 13.6 Å². The minimum Gasteiger partial charge on any atom is -0.481 e. The molecule has 3 nitrogen and oxygen atoms in total. The number of amides is 1. The van der Waals surface area contributed by atoms with Crippen LogP contribution in [-0.4, -0.2) is 12.0 Å². The first-order valence-electron chi connectivity index (χ1n) is 8.61. The van der Waals surface area contributed by atoms with Gasteiger partial charge in [0, 0.05) is 11.8 Å². The molecule has 0 spiro atoms. The summed E-state index contributed by atoms with van der Waals surface area (Å²) in [5.74, 6) is -1.67. The molecule has 1 N–H and O–H groups in total. The van der Waals surface area contributed by atoms with Crippen LogP contribution in [0.4, 0.5) is 14.5 Å². The van der Waals surface area contributed by atoms with Crippen molar-refractivity contribution < 1.29 is 18.3 Å². The van der Waals surface area contributed by atoms with Crippen molar-refractivity contribution in [1.29, 1.82) is 0 Å². The topological polar surface area (TPSA) is 38.3 Å². The first-order valence-corrected chi connectivity index (χ1v) is 8.61. The molecule has 2 aromatic rings. The number of hydrogen-bond donors (Lipinski definition) is 1. The number of ether oxygens (including phenoxy) is 1. The SMILES string of the molecule is CC[C@@H](Oc1ccc2c(c1)CCCC2)C(=O)Nc1ccc(F)c(F)c1. The standard InChI is InChI=1S/C20H21F2NO2/c1-2-19(20(24)23-15-8-10-17(21)18(22)12-15)25-16-9-7-13-5-3-4-6-14(13)11-16/h7-12,19H,2-6H2,1H3,(H,23,24)/t19-/m1/s1. The van der Waals surface area contributed by atoms with Gasteiger partial charge in [-0.1, -0.05) is 13.0 Å². The van der Waals surface area contributed by atoms with E-state index in [1.165, 1.54) is 30.0 Å². The lowest BCUT2D eigenvalue weighted by atomic mass is 9.92. The summed E-state index contributed by atoms with van der Waals surface area (Å²) in [6.07, 6.45) is 4.27. The summed E-state index contributed by atoms with van der Waals surface area (Å²) < 4.78 is 32.1. The fraction of sp³-hybridized carbons (Fsp3) is 0.350. The molecular weight excluding hydrogens is 324 g/mol. The number of halogens is 2. The maximum Gasteiger partial charge on any atom is 0.265 e. The largest absolute Gasteiger partial charge is 0.481 e. The quantitative estimate of drug-likeness (QED) is 0.857. The van der Waals surface area contributed by atoms with Crippen molar-refractivity contribution in [3.8, 4) is 5.75 Å². The first kappa shape index (κ1) is 17.4. The van der Waals surface area contributed by atoms with Crippen LogP contribution in [0.1, 0.15) is 37.3 Å². The summed E-state index contributed by atoms with van der Waals surface area (Å²) >= 11 is 0. The number of aryl methyl sites for hydroxylation is 2. The molecule has 132 valence electrons. The van der Waals surface area contributed by atoms with Gasteiger partial charge in [-0.25, -0.2) is 8.78 Å². The van der Waals surface area contributed by atoms with Gasteiger partial charge in [0.25, 0.3) is 5.91 Å². The molecule has 0 aromatic heterocycles. The van der Waals surface area contributed by atoms with Gasteiger partial charge < -0.3 is 10.1 Å². The van der Waals surface area contributed by atoms with E-state index in [0.29, 0.717) is 12.2 Å². The monoisotopic (exact) mass is 345 g/mol. The van der Waals surface area contributed by atoms with Gasteiger partial charge in [-0.15, -0.1) is 0 Å². The van der Waals surface area contributed by atoms with Crippen LogP contribution < -0.4 is 10.1 Å². The highest BCUT2D eigenvalue weighted by Gasteiger charge is 2.20. The van der Waals surface area contributed by atoms with Crippen LogP contribution in [0.2, 0.25) is 0 Å². The second kappa shape index (κ2) is 7.64. The Balaban J connectivity index is 1.69. The van der Waals surface area contributed by atoms with E-state index < -0.39 is 17.7 Å². The number of nitrogens with one attached hydrogen (secondary N) is 1. The van der Waals surface area contributed by atoms with Crippen molar-refractivity contribution in [1.82, 2.24) is 0 Å². The smallest absolute Gasteiger partial charge is 0.265 e. The van der Waals surface area contributed by atoms with E-state index in [-0.39, 0.29) is 11.6 Å². The average molecular weight is 345 g/mol. The Morgan fingerprint density at radius 1 is 1.08 bits per heavy atom. The van der Waals surface area contributed by atoms with Gasteiger partial charge >= 0.3 is 0 Å². The summed E-state index contributed by atoms with van der Waals surface area (Å²) in [5.41, 5.74) is 2.83. The summed E-state index contributed by atoms with van der Waals surface area (Å²) in [7, 11) is 0. The predicted molar refractivity (Wildman–Crippen MR) is 92.8 cm³/mol. The zero-order valence-corrected chi connectivity index (χ0v) is 14.1. The Morgan fingerprint density at radius 3 is 2.56 bits per heavy atom. The predicted octanol–water partition coefficient (Wildman–Crippen LogP) is 4.64. The molecule has 1 aliphatic carbocycles. The second-order valence-corrected chi connectivity index (χ2v) is 6.27. The Kier molecular flexibility index (Phi) is 5.31. The van der Waals surface area contributed by atoms with Gasteiger partial charge in [-0.2, -0.15) is 0 Å². The van der Waals surface area contributed by atoms with Crippen LogP contribution in [0.5, 0.6) is 5.75 Å². The number of carbonyl (C=O) groups is 1. The van der Waals surface area contributed by atoms with E-state index in [2.05, 4.69) is 11.4 Å². The third-order valence-electron chi connectivity index (χ3n) is 4.45. The normalized spacial score (nSPS) is 14.5. The summed E-state index contributed by atoms with van der Waals surface area (Å²) in [4.78, 5) is 12.4. The number of carbonyl (C=O) groups excluding carboxylic acids is 1. The van der Waals surface area contributed by atoms with E-state index in [4.69, 9.17) is 4.74 Å². The van der Waals surface area contributed by atoms with Crippen molar-refractivity contribution in [2.24, 2.45) is 0 Å². The zero-order valence-electron chi connectivity index (χ0n) is 14.1. The molecule has 0 bridgehead atoms. The number of anilines is 1. The van der Waals surface area contributed by atoms with Gasteiger partial charge in [-0.3, -0.25) is 4.79 Å². The van der Waals surface area contributed by atoms with E-state index >= 15 is 0 Å². The van der Waals surface area contributed by atoms with Crippen LogP contribution in [-0.2, 0) is 17.6 Å². The van der Waals surface area contributed by atoms with Gasteiger partial charge in [0.15, 0.2) is 17.7 Å². The van der Waals surface area contributed by atoms with Gasteiger partial charge in [0.1, 0.15) is 5.75 Å². The summed E-state index contributed by atoms with van der Waals surface area (Å²) in [6, 6.07) is 9.21. The molecule has 0 unspecified atom stereocenters. The zero-order chi connectivity index (χ0) is 17.8. The molecule has 0 heterocycles. The van der Waals surface area contributed by atoms with Crippen LogP contribution in [0.3, 0.4) is 0 Å². The van der Waals surface area contributed by atoms with Crippen molar-refractivity contribution >= 4 is 11.6 Å². The molecule has 0 saturated carbocycles. The molecule has 2 aromatic carbocycles. The molecule has 0 saturated heterocycles. The molecule has 0 radical (unpaired) electrons. The first-order chi connectivity index (χ1) is 12.1. The molecule has 3 rings (SSSR count). The highest BCUT2D eigenvalue weighted by Crippen LogP contribution is 2.26. The number of rotatable bonds is 5. The highest BCUT2D eigenvalue weighted by molar-refractivity contribution is 5.94. The molecule has 5 heteroatoms. The molecule has 0 fully saturated rings. The molecule has 25 heavy (non-hydrogen) atoms. The molecular formula is C20H21F2NO2. The van der Waals surface area contributed by atoms with E-state index in [1.54, 1.807) is 0 Å². The van der Waals surface area contributed by atoms with Gasteiger partial charge in [0.05, 0.1) is 0 Å². The molecule has 1 aliphatic rings. The Labute approximate surface area is 146 Å². The van der Waals surface area contributed by atoms with Crippen LogP contribution in [0.25, 0.3) is 0 Å². The molecule has 1 atom stereocenters.